The maximum atomic E-state index is 13.4. The molecule has 0 spiro atoms. The Hall–Kier alpha value is -1.99. The van der Waals surface area contributed by atoms with Gasteiger partial charge in [0, 0.05) is 17.9 Å². The summed E-state index contributed by atoms with van der Waals surface area (Å²) in [6, 6.07) is 4.09. The number of nitrogens with one attached hydrogen (secondary N) is 1. The summed E-state index contributed by atoms with van der Waals surface area (Å²) in [6.45, 7) is 1.04. The van der Waals surface area contributed by atoms with Gasteiger partial charge in [0.1, 0.15) is 17.3 Å². The van der Waals surface area contributed by atoms with Crippen molar-refractivity contribution >= 4 is 22.9 Å². The third-order valence-electron chi connectivity index (χ3n) is 3.51. The number of amides is 1. The highest BCUT2D eigenvalue weighted by Crippen LogP contribution is 2.32. The maximum absolute atomic E-state index is 13.4. The molecule has 23 heavy (non-hydrogen) atoms. The summed E-state index contributed by atoms with van der Waals surface area (Å²) in [5.74, 6) is 0.155. The summed E-state index contributed by atoms with van der Waals surface area (Å²) in [5.41, 5.74) is 6.26. The number of ether oxygens (including phenoxy) is 1. The van der Waals surface area contributed by atoms with Crippen molar-refractivity contribution < 1.29 is 13.9 Å². The van der Waals surface area contributed by atoms with E-state index in [9.17, 15) is 9.18 Å². The first-order valence-corrected chi connectivity index (χ1v) is 8.42. The third kappa shape index (κ3) is 4.27. The van der Waals surface area contributed by atoms with Gasteiger partial charge in [-0.3, -0.25) is 4.79 Å². The van der Waals surface area contributed by atoms with Crippen LogP contribution in [0, 0.1) is 11.7 Å². The fraction of sp³-hybridized carbons (Fsp3) is 0.375. The molecular formula is C16H18FN3O2S. The number of nitrogens with two attached hydrogens (primary N) is 1. The van der Waals surface area contributed by atoms with Crippen molar-refractivity contribution in [3.8, 4) is 5.75 Å². The maximum Gasteiger partial charge on any atom is 0.275 e. The minimum atomic E-state index is -0.396. The molecule has 1 aromatic heterocycles. The molecule has 1 aromatic carbocycles. The van der Waals surface area contributed by atoms with E-state index >= 15 is 0 Å². The second kappa shape index (κ2) is 7.06. The molecule has 1 aliphatic carbocycles. The molecule has 3 N–H and O–H groups in total. The second-order valence-electron chi connectivity index (χ2n) is 5.51. The van der Waals surface area contributed by atoms with Crippen LogP contribution >= 0.6 is 11.3 Å². The average molecular weight is 335 g/mol. The number of benzene rings is 1. The molecule has 0 radical (unpaired) electrons. The lowest BCUT2D eigenvalue weighted by Crippen LogP contribution is -2.14. The smallest absolute Gasteiger partial charge is 0.275 e. The number of hydrogen-bond donors (Lipinski definition) is 2. The summed E-state index contributed by atoms with van der Waals surface area (Å²) >= 11 is 1.40. The monoisotopic (exact) mass is 335 g/mol. The largest absolute Gasteiger partial charge is 0.491 e. The fourth-order valence-electron chi connectivity index (χ4n) is 2.05. The summed E-state index contributed by atoms with van der Waals surface area (Å²) in [7, 11) is 0. The van der Waals surface area contributed by atoms with E-state index in [0.717, 1.165) is 17.8 Å². The minimum Gasteiger partial charge on any atom is -0.491 e. The first-order valence-electron chi connectivity index (χ1n) is 7.54. The van der Waals surface area contributed by atoms with E-state index in [0.29, 0.717) is 42.6 Å². The van der Waals surface area contributed by atoms with Gasteiger partial charge < -0.3 is 15.8 Å². The van der Waals surface area contributed by atoms with Gasteiger partial charge in [0.25, 0.3) is 5.91 Å². The summed E-state index contributed by atoms with van der Waals surface area (Å²) in [5, 5.41) is 5.25. The fourth-order valence-corrected chi connectivity index (χ4v) is 2.85. The number of hydrogen-bond acceptors (Lipinski definition) is 5. The molecule has 7 heteroatoms. The Kier molecular flexibility index (Phi) is 4.88. The van der Waals surface area contributed by atoms with Gasteiger partial charge in [-0.2, -0.15) is 0 Å². The number of halogens is 1. The Bertz CT molecular complexity index is 700. The van der Waals surface area contributed by atoms with Gasteiger partial charge in [-0.15, -0.1) is 11.3 Å². The third-order valence-corrected chi connectivity index (χ3v) is 4.41. The van der Waals surface area contributed by atoms with Crippen LogP contribution in [0.1, 0.15) is 28.3 Å². The Labute approximate surface area is 137 Å². The van der Waals surface area contributed by atoms with Crippen molar-refractivity contribution in [3.63, 3.8) is 0 Å². The van der Waals surface area contributed by atoms with Gasteiger partial charge in [-0.1, -0.05) is 0 Å². The molecular weight excluding hydrogens is 317 g/mol. The van der Waals surface area contributed by atoms with Gasteiger partial charge >= 0.3 is 0 Å². The zero-order chi connectivity index (χ0) is 16.2. The molecule has 0 aliphatic heterocycles. The molecule has 0 bridgehead atoms. The lowest BCUT2D eigenvalue weighted by Gasteiger charge is -2.12. The van der Waals surface area contributed by atoms with Crippen molar-refractivity contribution in [1.82, 2.24) is 4.98 Å². The Morgan fingerprint density at radius 2 is 2.30 bits per heavy atom. The molecule has 1 fully saturated rings. The van der Waals surface area contributed by atoms with E-state index in [1.165, 1.54) is 29.5 Å². The second-order valence-corrected chi connectivity index (χ2v) is 6.46. The van der Waals surface area contributed by atoms with Crippen LogP contribution in [-0.2, 0) is 6.42 Å². The van der Waals surface area contributed by atoms with E-state index in [2.05, 4.69) is 10.3 Å². The number of carbonyl (C=O) groups excluding carboxylic acids is 1. The van der Waals surface area contributed by atoms with Crippen molar-refractivity contribution in [2.45, 2.75) is 19.3 Å². The van der Waals surface area contributed by atoms with E-state index in [4.69, 9.17) is 10.5 Å². The zero-order valence-electron chi connectivity index (χ0n) is 12.5. The molecule has 5 nitrogen and oxygen atoms in total. The highest BCUT2D eigenvalue weighted by molar-refractivity contribution is 7.09. The molecule has 1 saturated carbocycles. The first-order chi connectivity index (χ1) is 11.2. The van der Waals surface area contributed by atoms with Gasteiger partial charge in [0.2, 0.25) is 0 Å². The molecule has 1 heterocycles. The van der Waals surface area contributed by atoms with E-state index in [1.54, 1.807) is 5.38 Å². The number of aromatic nitrogens is 1. The summed E-state index contributed by atoms with van der Waals surface area (Å²) in [6.07, 6.45) is 2.92. The zero-order valence-corrected chi connectivity index (χ0v) is 13.4. The highest BCUT2D eigenvalue weighted by atomic mass is 32.1. The van der Waals surface area contributed by atoms with Crippen LogP contribution in [0.15, 0.2) is 23.6 Å². The number of carbonyl (C=O) groups is 1. The van der Waals surface area contributed by atoms with E-state index < -0.39 is 5.82 Å². The van der Waals surface area contributed by atoms with Crippen LogP contribution in [0.4, 0.5) is 10.1 Å². The van der Waals surface area contributed by atoms with Crippen molar-refractivity contribution in [2.24, 2.45) is 11.7 Å². The lowest BCUT2D eigenvalue weighted by molar-refractivity contribution is 0.102. The Morgan fingerprint density at radius 3 is 3.04 bits per heavy atom. The van der Waals surface area contributed by atoms with Gasteiger partial charge in [0.05, 0.1) is 17.3 Å². The number of nitrogens with zero attached hydrogens (tertiary/aromatic N) is 1. The summed E-state index contributed by atoms with van der Waals surface area (Å²) in [4.78, 5) is 16.5. The van der Waals surface area contributed by atoms with Crippen LogP contribution in [-0.4, -0.2) is 24.0 Å². The highest BCUT2D eigenvalue weighted by Gasteiger charge is 2.23. The number of thiazole rings is 1. The topological polar surface area (TPSA) is 77.2 Å². The van der Waals surface area contributed by atoms with Crippen LogP contribution in [0.3, 0.4) is 0 Å². The van der Waals surface area contributed by atoms with Gasteiger partial charge in [-0.05, 0) is 37.4 Å². The summed E-state index contributed by atoms with van der Waals surface area (Å²) < 4.78 is 19.1. The molecule has 122 valence electrons. The van der Waals surface area contributed by atoms with Crippen LogP contribution in [0.2, 0.25) is 0 Å². The normalized spacial score (nSPS) is 13.8. The van der Waals surface area contributed by atoms with Crippen molar-refractivity contribution in [1.29, 1.82) is 0 Å². The van der Waals surface area contributed by atoms with Crippen LogP contribution in [0.25, 0.3) is 0 Å². The van der Waals surface area contributed by atoms with Crippen molar-refractivity contribution in [3.05, 3.63) is 40.1 Å². The van der Waals surface area contributed by atoms with Gasteiger partial charge in [0.15, 0.2) is 0 Å². The quantitative estimate of drug-likeness (QED) is 0.816. The molecule has 3 rings (SSSR count). The average Bonchev–Trinajstić information content (AvgIpc) is 3.25. The molecule has 0 saturated heterocycles. The van der Waals surface area contributed by atoms with Crippen LogP contribution in [0.5, 0.6) is 5.75 Å². The predicted molar refractivity (Wildman–Crippen MR) is 87.4 cm³/mol. The first kappa shape index (κ1) is 15.9. The minimum absolute atomic E-state index is 0.330. The standard InChI is InChI=1S/C16H18FN3O2S/c17-11-3-4-12(14(7-11)22-8-10-1-2-10)20-16(21)13-9-23-15(19-13)5-6-18/h3-4,7,9-10H,1-2,5-6,8,18H2,(H,20,21). The number of rotatable bonds is 7. The van der Waals surface area contributed by atoms with E-state index in [1.807, 2.05) is 0 Å². The lowest BCUT2D eigenvalue weighted by atomic mass is 10.2. The van der Waals surface area contributed by atoms with Crippen LogP contribution < -0.4 is 15.8 Å². The van der Waals surface area contributed by atoms with E-state index in [-0.39, 0.29) is 5.91 Å². The van der Waals surface area contributed by atoms with Gasteiger partial charge in [-0.25, -0.2) is 9.37 Å². The molecule has 1 aliphatic rings. The molecule has 0 unspecified atom stereocenters. The predicted octanol–water partition coefficient (Wildman–Crippen LogP) is 2.82. The number of anilines is 1. The molecule has 0 atom stereocenters. The Balaban J connectivity index is 1.70. The van der Waals surface area contributed by atoms with Crippen molar-refractivity contribution in [2.75, 3.05) is 18.5 Å². The Morgan fingerprint density at radius 1 is 1.48 bits per heavy atom. The molecule has 1 amide bonds. The SMILES string of the molecule is NCCc1nc(C(=O)Nc2ccc(F)cc2OCC2CC2)cs1. The molecule has 2 aromatic rings.